The van der Waals surface area contributed by atoms with Crippen LogP contribution in [0.2, 0.25) is 5.02 Å². The van der Waals surface area contributed by atoms with Crippen molar-refractivity contribution >= 4 is 17.5 Å². The van der Waals surface area contributed by atoms with Gasteiger partial charge in [0, 0.05) is 29.5 Å². The minimum absolute atomic E-state index is 0.00643. The molecule has 1 fully saturated rings. The molecule has 1 atom stereocenters. The summed E-state index contributed by atoms with van der Waals surface area (Å²) in [7, 11) is 0. The quantitative estimate of drug-likeness (QED) is 0.770. The van der Waals surface area contributed by atoms with Gasteiger partial charge in [0.1, 0.15) is 11.4 Å². The summed E-state index contributed by atoms with van der Waals surface area (Å²) < 4.78 is 6.09. The van der Waals surface area contributed by atoms with Crippen molar-refractivity contribution in [3.05, 3.63) is 64.7 Å². The zero-order chi connectivity index (χ0) is 20.4. The molecule has 2 aliphatic heterocycles. The number of hydrogen-bond acceptors (Lipinski definition) is 3. The lowest BCUT2D eigenvalue weighted by Gasteiger charge is -2.39. The van der Waals surface area contributed by atoms with E-state index in [1.54, 1.807) is 0 Å². The van der Waals surface area contributed by atoms with Crippen molar-refractivity contribution in [2.75, 3.05) is 13.1 Å². The fraction of sp³-hybridized carbons (Fsp3) is 0.458. The van der Waals surface area contributed by atoms with Gasteiger partial charge in [-0.05, 0) is 63.5 Å². The van der Waals surface area contributed by atoms with E-state index in [9.17, 15) is 4.79 Å². The number of fused-ring (bicyclic) bond motifs is 1. The van der Waals surface area contributed by atoms with Crippen molar-refractivity contribution in [3.63, 3.8) is 0 Å². The molecule has 2 heterocycles. The second kappa shape index (κ2) is 8.37. The predicted octanol–water partition coefficient (Wildman–Crippen LogP) is 4.97. The predicted molar refractivity (Wildman–Crippen MR) is 116 cm³/mol. The molecule has 4 rings (SSSR count). The third-order valence-electron chi connectivity index (χ3n) is 5.95. The Balaban J connectivity index is 1.34. The van der Waals surface area contributed by atoms with E-state index in [1.807, 2.05) is 36.4 Å². The number of carbonyl (C=O) groups is 1. The molecular weight excluding hydrogens is 384 g/mol. The number of para-hydroxylation sites is 1. The van der Waals surface area contributed by atoms with Gasteiger partial charge in [-0.25, -0.2) is 0 Å². The Morgan fingerprint density at radius 2 is 1.93 bits per heavy atom. The highest BCUT2D eigenvalue weighted by molar-refractivity contribution is 6.30. The number of nitrogens with one attached hydrogen (secondary N) is 1. The Bertz CT molecular complexity index is 875. The molecule has 5 heteroatoms. The monoisotopic (exact) mass is 412 g/mol. The summed E-state index contributed by atoms with van der Waals surface area (Å²) in [5, 5.41) is 4.09. The van der Waals surface area contributed by atoms with Crippen LogP contribution >= 0.6 is 11.6 Å². The lowest BCUT2D eigenvalue weighted by molar-refractivity contribution is -0.127. The van der Waals surface area contributed by atoms with Gasteiger partial charge in [-0.1, -0.05) is 41.9 Å². The van der Waals surface area contributed by atoms with E-state index in [0.29, 0.717) is 0 Å². The SMILES string of the molecule is CC1(C)CC(NC(=O)C2CCN(Cc3cccc(Cl)c3)CC2)c2ccccc2O1. The Morgan fingerprint density at radius 1 is 1.17 bits per heavy atom. The summed E-state index contributed by atoms with van der Waals surface area (Å²) in [5.41, 5.74) is 2.02. The molecule has 1 N–H and O–H groups in total. The van der Waals surface area contributed by atoms with Crippen molar-refractivity contribution in [1.82, 2.24) is 10.2 Å². The van der Waals surface area contributed by atoms with Crippen LogP contribution < -0.4 is 10.1 Å². The maximum Gasteiger partial charge on any atom is 0.223 e. The maximum absolute atomic E-state index is 13.0. The molecule has 0 radical (unpaired) electrons. The Morgan fingerprint density at radius 3 is 2.69 bits per heavy atom. The minimum Gasteiger partial charge on any atom is -0.487 e. The van der Waals surface area contributed by atoms with Crippen LogP contribution in [-0.4, -0.2) is 29.5 Å². The fourth-order valence-corrected chi connectivity index (χ4v) is 4.68. The van der Waals surface area contributed by atoms with Gasteiger partial charge in [0.2, 0.25) is 5.91 Å². The molecule has 0 aliphatic carbocycles. The first kappa shape index (κ1) is 20.2. The molecule has 0 bridgehead atoms. The van der Waals surface area contributed by atoms with Gasteiger partial charge in [0.15, 0.2) is 0 Å². The highest BCUT2D eigenvalue weighted by atomic mass is 35.5. The van der Waals surface area contributed by atoms with E-state index in [1.165, 1.54) is 5.56 Å². The zero-order valence-electron chi connectivity index (χ0n) is 17.2. The highest BCUT2D eigenvalue weighted by Gasteiger charge is 2.35. The molecule has 4 nitrogen and oxygen atoms in total. The van der Waals surface area contributed by atoms with Gasteiger partial charge in [-0.15, -0.1) is 0 Å². The first-order chi connectivity index (χ1) is 13.9. The topological polar surface area (TPSA) is 41.6 Å². The number of rotatable bonds is 4. The van der Waals surface area contributed by atoms with Crippen LogP contribution in [0.5, 0.6) is 5.75 Å². The lowest BCUT2D eigenvalue weighted by Crippen LogP contribution is -2.45. The van der Waals surface area contributed by atoms with Crippen molar-refractivity contribution in [2.45, 2.75) is 51.3 Å². The molecule has 2 aromatic carbocycles. The highest BCUT2D eigenvalue weighted by Crippen LogP contribution is 2.39. The number of nitrogens with zero attached hydrogens (tertiary/aromatic N) is 1. The van der Waals surface area contributed by atoms with Crippen LogP contribution in [0, 0.1) is 5.92 Å². The van der Waals surface area contributed by atoms with Crippen molar-refractivity contribution in [2.24, 2.45) is 5.92 Å². The van der Waals surface area contributed by atoms with Crippen LogP contribution in [0.1, 0.15) is 50.3 Å². The molecule has 154 valence electrons. The van der Waals surface area contributed by atoms with Gasteiger partial charge in [-0.2, -0.15) is 0 Å². The molecule has 1 amide bonds. The molecule has 2 aliphatic rings. The van der Waals surface area contributed by atoms with Crippen LogP contribution in [0.4, 0.5) is 0 Å². The number of halogens is 1. The maximum atomic E-state index is 13.0. The number of hydrogen-bond donors (Lipinski definition) is 1. The van der Waals surface area contributed by atoms with Gasteiger partial charge in [0.25, 0.3) is 0 Å². The zero-order valence-corrected chi connectivity index (χ0v) is 17.9. The van der Waals surface area contributed by atoms with E-state index >= 15 is 0 Å². The summed E-state index contributed by atoms with van der Waals surface area (Å²) >= 11 is 6.10. The molecular formula is C24H29ClN2O2. The third kappa shape index (κ3) is 4.93. The van der Waals surface area contributed by atoms with Crippen LogP contribution in [0.3, 0.4) is 0 Å². The molecule has 2 aromatic rings. The van der Waals surface area contributed by atoms with Crippen molar-refractivity contribution in [1.29, 1.82) is 0 Å². The van der Waals surface area contributed by atoms with E-state index < -0.39 is 0 Å². The molecule has 1 saturated heterocycles. The largest absolute Gasteiger partial charge is 0.487 e. The van der Waals surface area contributed by atoms with Crippen molar-refractivity contribution in [3.8, 4) is 5.75 Å². The summed E-state index contributed by atoms with van der Waals surface area (Å²) in [6.45, 7) is 6.91. The summed E-state index contributed by atoms with van der Waals surface area (Å²) in [6, 6.07) is 16.1. The Labute approximate surface area is 178 Å². The standard InChI is InChI=1S/C24H29ClN2O2/c1-24(2)15-21(20-8-3-4-9-22(20)29-24)26-23(28)18-10-12-27(13-11-18)16-17-6-5-7-19(25)14-17/h3-9,14,18,21H,10-13,15-16H2,1-2H3,(H,26,28). The smallest absolute Gasteiger partial charge is 0.223 e. The number of likely N-dealkylation sites (tertiary alicyclic amines) is 1. The van der Waals surface area contributed by atoms with Gasteiger partial charge in [-0.3, -0.25) is 9.69 Å². The normalized spacial score (nSPS) is 21.8. The third-order valence-corrected chi connectivity index (χ3v) is 6.18. The fourth-order valence-electron chi connectivity index (χ4n) is 4.47. The van der Waals surface area contributed by atoms with Gasteiger partial charge < -0.3 is 10.1 Å². The van der Waals surface area contributed by atoms with Crippen LogP contribution in [0.25, 0.3) is 0 Å². The first-order valence-electron chi connectivity index (χ1n) is 10.4. The molecule has 0 saturated carbocycles. The molecule has 1 unspecified atom stereocenters. The summed E-state index contributed by atoms with van der Waals surface area (Å²) in [5.74, 6) is 1.12. The Hall–Kier alpha value is -2.04. The van der Waals surface area contributed by atoms with E-state index in [0.717, 1.165) is 55.2 Å². The lowest BCUT2D eigenvalue weighted by atomic mass is 9.88. The molecule has 0 aromatic heterocycles. The van der Waals surface area contributed by atoms with Crippen molar-refractivity contribution < 1.29 is 9.53 Å². The first-order valence-corrected chi connectivity index (χ1v) is 10.8. The number of benzene rings is 2. The van der Waals surface area contributed by atoms with E-state index in [-0.39, 0.29) is 23.5 Å². The average Bonchev–Trinajstić information content (AvgIpc) is 2.67. The summed E-state index contributed by atoms with van der Waals surface area (Å²) in [6.07, 6.45) is 2.56. The number of piperidine rings is 1. The van der Waals surface area contributed by atoms with Gasteiger partial charge >= 0.3 is 0 Å². The molecule has 29 heavy (non-hydrogen) atoms. The van der Waals surface area contributed by atoms with E-state index in [2.05, 4.69) is 36.2 Å². The Kier molecular flexibility index (Phi) is 5.84. The minimum atomic E-state index is -0.285. The van der Waals surface area contributed by atoms with Crippen LogP contribution in [0.15, 0.2) is 48.5 Å². The van der Waals surface area contributed by atoms with Crippen LogP contribution in [-0.2, 0) is 11.3 Å². The molecule has 0 spiro atoms. The van der Waals surface area contributed by atoms with E-state index in [4.69, 9.17) is 16.3 Å². The summed E-state index contributed by atoms with van der Waals surface area (Å²) in [4.78, 5) is 15.4. The average molecular weight is 413 g/mol. The van der Waals surface area contributed by atoms with Gasteiger partial charge in [0.05, 0.1) is 6.04 Å². The second-order valence-corrected chi connectivity index (χ2v) is 9.28. The second-order valence-electron chi connectivity index (χ2n) is 8.85. The number of carbonyl (C=O) groups excluding carboxylic acids is 1. The number of amides is 1. The number of ether oxygens (including phenoxy) is 1.